The van der Waals surface area contributed by atoms with Crippen LogP contribution in [0.2, 0.25) is 0 Å². The quantitative estimate of drug-likeness (QED) is 0.848. The molecule has 1 aromatic rings. The van der Waals surface area contributed by atoms with Crippen molar-refractivity contribution in [2.75, 3.05) is 13.2 Å². The standard InChI is InChI=1S/C13H16O3/c1-12(2,11(14)15)13(8-16-9-13)10-6-4-3-5-7-10/h3-7H,8-9H2,1-2H3,(H,14,15). The Labute approximate surface area is 95.0 Å². The molecule has 0 saturated carbocycles. The third kappa shape index (κ3) is 1.35. The number of ether oxygens (including phenoxy) is 1. The van der Waals surface area contributed by atoms with Crippen molar-refractivity contribution in [3.63, 3.8) is 0 Å². The molecule has 1 fully saturated rings. The molecule has 16 heavy (non-hydrogen) atoms. The fraction of sp³-hybridized carbons (Fsp3) is 0.462. The predicted molar refractivity (Wildman–Crippen MR) is 60.4 cm³/mol. The average Bonchev–Trinajstić information content (AvgIpc) is 2.16. The monoisotopic (exact) mass is 220 g/mol. The summed E-state index contributed by atoms with van der Waals surface area (Å²) in [7, 11) is 0. The Kier molecular flexibility index (Phi) is 2.50. The number of benzene rings is 1. The van der Waals surface area contributed by atoms with E-state index >= 15 is 0 Å². The Morgan fingerprint density at radius 3 is 2.25 bits per heavy atom. The molecule has 1 N–H and O–H groups in total. The molecule has 0 unspecified atom stereocenters. The molecular weight excluding hydrogens is 204 g/mol. The Bertz CT molecular complexity index is 391. The van der Waals surface area contributed by atoms with Crippen LogP contribution in [-0.4, -0.2) is 24.3 Å². The van der Waals surface area contributed by atoms with Crippen molar-refractivity contribution in [2.45, 2.75) is 19.3 Å². The van der Waals surface area contributed by atoms with Gasteiger partial charge in [-0.25, -0.2) is 0 Å². The van der Waals surface area contributed by atoms with Gasteiger partial charge in [0.1, 0.15) is 0 Å². The van der Waals surface area contributed by atoms with E-state index in [4.69, 9.17) is 4.74 Å². The molecule has 0 radical (unpaired) electrons. The molecule has 0 amide bonds. The van der Waals surface area contributed by atoms with E-state index in [0.717, 1.165) is 5.56 Å². The topological polar surface area (TPSA) is 46.5 Å². The average molecular weight is 220 g/mol. The van der Waals surface area contributed by atoms with Gasteiger partial charge in [-0.15, -0.1) is 0 Å². The third-order valence-electron chi connectivity index (χ3n) is 3.75. The first-order valence-corrected chi connectivity index (χ1v) is 5.37. The Morgan fingerprint density at radius 2 is 1.88 bits per heavy atom. The van der Waals surface area contributed by atoms with Gasteiger partial charge in [-0.1, -0.05) is 30.3 Å². The minimum absolute atomic E-state index is 0.389. The molecule has 1 aliphatic heterocycles. The van der Waals surface area contributed by atoms with Gasteiger partial charge in [-0.05, 0) is 19.4 Å². The summed E-state index contributed by atoms with van der Waals surface area (Å²) in [5.74, 6) is -0.778. The zero-order valence-electron chi connectivity index (χ0n) is 9.56. The molecule has 86 valence electrons. The van der Waals surface area contributed by atoms with Gasteiger partial charge in [0.15, 0.2) is 0 Å². The summed E-state index contributed by atoms with van der Waals surface area (Å²) >= 11 is 0. The molecule has 1 heterocycles. The lowest BCUT2D eigenvalue weighted by Crippen LogP contribution is -2.59. The van der Waals surface area contributed by atoms with Gasteiger partial charge in [0, 0.05) is 0 Å². The van der Waals surface area contributed by atoms with Gasteiger partial charge >= 0.3 is 5.97 Å². The highest BCUT2D eigenvalue weighted by Crippen LogP contribution is 2.47. The molecule has 0 spiro atoms. The summed E-state index contributed by atoms with van der Waals surface area (Å²) in [5, 5.41) is 9.35. The molecule has 1 saturated heterocycles. The van der Waals surface area contributed by atoms with E-state index in [9.17, 15) is 9.90 Å². The number of aliphatic carboxylic acids is 1. The molecule has 1 aliphatic rings. The Hall–Kier alpha value is -1.35. The molecule has 0 aromatic heterocycles. The summed E-state index contributed by atoms with van der Waals surface area (Å²) in [4.78, 5) is 11.4. The van der Waals surface area contributed by atoms with Gasteiger partial charge in [0.25, 0.3) is 0 Å². The van der Waals surface area contributed by atoms with Crippen LogP contribution in [0.3, 0.4) is 0 Å². The van der Waals surface area contributed by atoms with Crippen molar-refractivity contribution in [2.24, 2.45) is 5.41 Å². The second-order valence-corrected chi connectivity index (χ2v) is 4.87. The number of carboxylic acid groups (broad SMARTS) is 1. The minimum Gasteiger partial charge on any atom is -0.481 e. The molecule has 3 nitrogen and oxygen atoms in total. The fourth-order valence-corrected chi connectivity index (χ4v) is 2.16. The van der Waals surface area contributed by atoms with Crippen LogP contribution in [0.25, 0.3) is 0 Å². The second kappa shape index (κ2) is 3.59. The first-order valence-electron chi connectivity index (χ1n) is 5.37. The van der Waals surface area contributed by atoms with Crippen molar-refractivity contribution in [3.8, 4) is 0 Å². The highest BCUT2D eigenvalue weighted by molar-refractivity contribution is 5.76. The lowest BCUT2D eigenvalue weighted by atomic mass is 9.60. The number of carboxylic acids is 1. The lowest BCUT2D eigenvalue weighted by Gasteiger charge is -2.50. The van der Waals surface area contributed by atoms with E-state index in [1.165, 1.54) is 0 Å². The largest absolute Gasteiger partial charge is 0.481 e. The third-order valence-corrected chi connectivity index (χ3v) is 3.75. The summed E-state index contributed by atoms with van der Waals surface area (Å²) in [6.07, 6.45) is 0. The normalized spacial score (nSPS) is 18.9. The van der Waals surface area contributed by atoms with Gasteiger partial charge in [-0.3, -0.25) is 4.79 Å². The summed E-state index contributed by atoms with van der Waals surface area (Å²) in [6.45, 7) is 4.50. The highest BCUT2D eigenvalue weighted by Gasteiger charge is 2.56. The van der Waals surface area contributed by atoms with Crippen molar-refractivity contribution < 1.29 is 14.6 Å². The summed E-state index contributed by atoms with van der Waals surface area (Å²) in [6, 6.07) is 9.77. The summed E-state index contributed by atoms with van der Waals surface area (Å²) in [5.41, 5.74) is -0.152. The molecule has 1 aromatic carbocycles. The number of hydrogen-bond acceptors (Lipinski definition) is 2. The van der Waals surface area contributed by atoms with E-state index in [-0.39, 0.29) is 5.41 Å². The number of rotatable bonds is 3. The van der Waals surface area contributed by atoms with Crippen LogP contribution in [0.15, 0.2) is 30.3 Å². The SMILES string of the molecule is CC(C)(C(=O)O)C1(c2ccccc2)COC1. The minimum atomic E-state index is -0.813. The maximum atomic E-state index is 11.4. The maximum absolute atomic E-state index is 11.4. The molecule has 0 atom stereocenters. The van der Waals surface area contributed by atoms with Crippen LogP contribution in [0, 0.1) is 5.41 Å². The first kappa shape index (κ1) is 11.1. The van der Waals surface area contributed by atoms with Gasteiger partial charge < -0.3 is 9.84 Å². The fourth-order valence-electron chi connectivity index (χ4n) is 2.16. The van der Waals surface area contributed by atoms with E-state index < -0.39 is 11.4 Å². The smallest absolute Gasteiger partial charge is 0.310 e. The maximum Gasteiger partial charge on any atom is 0.310 e. The zero-order valence-corrected chi connectivity index (χ0v) is 9.56. The highest BCUT2D eigenvalue weighted by atomic mass is 16.5. The van der Waals surface area contributed by atoms with E-state index in [1.807, 2.05) is 30.3 Å². The van der Waals surface area contributed by atoms with Gasteiger partial charge in [0.05, 0.1) is 24.0 Å². The number of hydrogen-bond donors (Lipinski definition) is 1. The van der Waals surface area contributed by atoms with Crippen LogP contribution >= 0.6 is 0 Å². The summed E-state index contributed by atoms with van der Waals surface area (Å²) < 4.78 is 5.27. The lowest BCUT2D eigenvalue weighted by molar-refractivity contribution is -0.171. The van der Waals surface area contributed by atoms with Crippen LogP contribution in [0.4, 0.5) is 0 Å². The van der Waals surface area contributed by atoms with Crippen molar-refractivity contribution >= 4 is 5.97 Å². The van der Waals surface area contributed by atoms with Crippen LogP contribution in [0.1, 0.15) is 19.4 Å². The van der Waals surface area contributed by atoms with Crippen molar-refractivity contribution in [3.05, 3.63) is 35.9 Å². The Balaban J connectivity index is 2.45. The van der Waals surface area contributed by atoms with Gasteiger partial charge in [-0.2, -0.15) is 0 Å². The van der Waals surface area contributed by atoms with Crippen molar-refractivity contribution in [1.29, 1.82) is 0 Å². The van der Waals surface area contributed by atoms with E-state index in [0.29, 0.717) is 13.2 Å². The molecule has 3 heteroatoms. The second-order valence-electron chi connectivity index (χ2n) is 4.87. The first-order chi connectivity index (χ1) is 7.51. The zero-order chi connectivity index (χ0) is 11.8. The molecule has 0 aliphatic carbocycles. The van der Waals surface area contributed by atoms with E-state index in [2.05, 4.69) is 0 Å². The van der Waals surface area contributed by atoms with Crippen LogP contribution < -0.4 is 0 Å². The predicted octanol–water partition coefficient (Wildman–Crippen LogP) is 2.07. The van der Waals surface area contributed by atoms with E-state index in [1.54, 1.807) is 13.8 Å². The van der Waals surface area contributed by atoms with Gasteiger partial charge in [0.2, 0.25) is 0 Å². The van der Waals surface area contributed by atoms with Crippen molar-refractivity contribution in [1.82, 2.24) is 0 Å². The Morgan fingerprint density at radius 1 is 1.31 bits per heavy atom. The molecule has 2 rings (SSSR count). The number of carbonyl (C=O) groups is 1. The molecular formula is C13H16O3. The molecule has 0 bridgehead atoms. The van der Waals surface area contributed by atoms with Crippen LogP contribution in [0.5, 0.6) is 0 Å². The van der Waals surface area contributed by atoms with Crippen LogP contribution in [-0.2, 0) is 14.9 Å².